The molecule has 15 nitrogen and oxygen atoms in total. The number of esters is 1. The highest BCUT2D eigenvalue weighted by Crippen LogP contribution is 2.22. The van der Waals surface area contributed by atoms with Crippen molar-refractivity contribution >= 4 is 30.1 Å². The van der Waals surface area contributed by atoms with E-state index in [-0.39, 0.29) is 0 Å². The molecule has 4 N–H and O–H groups in total. The van der Waals surface area contributed by atoms with Gasteiger partial charge in [-0.2, -0.15) is 0 Å². The molecule has 15 heteroatoms. The Morgan fingerprint density at radius 1 is 0.804 bits per heavy atom. The number of ether oxygens (including phenoxy) is 6. The van der Waals surface area contributed by atoms with Crippen molar-refractivity contribution in [3.05, 3.63) is 29.8 Å². The molecule has 4 heterocycles. The van der Waals surface area contributed by atoms with Gasteiger partial charge in [-0.3, -0.25) is 10.6 Å². The summed E-state index contributed by atoms with van der Waals surface area (Å²) in [7, 11) is 0. The van der Waals surface area contributed by atoms with Crippen molar-refractivity contribution in [1.82, 2.24) is 15.5 Å². The van der Waals surface area contributed by atoms with Gasteiger partial charge in [0.05, 0.1) is 26.2 Å². The number of unbranched alkanes of at least 4 members (excludes halogenated alkanes) is 4. The molecule has 1 aromatic carbocycles. The largest absolute Gasteiger partial charge is 0.475 e. The molecule has 252 valence electrons. The second-order valence-electron chi connectivity index (χ2n) is 11.1. The van der Waals surface area contributed by atoms with Gasteiger partial charge in [-0.15, -0.1) is 0 Å². The molecule has 0 spiro atoms. The summed E-state index contributed by atoms with van der Waals surface area (Å²) in [6, 6.07) is 9.14. The van der Waals surface area contributed by atoms with E-state index in [9.17, 15) is 4.79 Å². The molecule has 4 aliphatic rings. The minimum atomic E-state index is -0.609. The fourth-order valence-electron chi connectivity index (χ4n) is 5.18. The smallest absolute Gasteiger partial charge is 0.343 e. The van der Waals surface area contributed by atoms with Crippen molar-refractivity contribution in [2.75, 3.05) is 65.7 Å². The maximum Gasteiger partial charge on any atom is 0.343 e. The van der Waals surface area contributed by atoms with E-state index in [1.165, 1.54) is 0 Å². The van der Waals surface area contributed by atoms with E-state index in [0.717, 1.165) is 45.1 Å². The zero-order valence-corrected chi connectivity index (χ0v) is 26.4. The molecule has 2 atom stereocenters. The van der Waals surface area contributed by atoms with E-state index in [0.29, 0.717) is 107 Å². The second-order valence-corrected chi connectivity index (χ2v) is 11.1. The molecule has 0 radical (unpaired) electrons. The molecule has 2 unspecified atom stereocenters. The van der Waals surface area contributed by atoms with Gasteiger partial charge in [0, 0.05) is 19.5 Å². The maximum atomic E-state index is 13.3. The third kappa shape index (κ3) is 10.4. The van der Waals surface area contributed by atoms with E-state index in [4.69, 9.17) is 34.2 Å². The molecular formula is C31H46N8O7. The lowest BCUT2D eigenvalue weighted by Gasteiger charge is -2.22. The average molecular weight is 643 g/mol. The quantitative estimate of drug-likeness (QED) is 0.129. The number of aliphatic imine (C=N–C) groups is 4. The zero-order valence-electron chi connectivity index (χ0n) is 26.4. The lowest BCUT2D eigenvalue weighted by Crippen LogP contribution is -2.38. The molecule has 0 aromatic heterocycles. The lowest BCUT2D eigenvalue weighted by atomic mass is 10.1. The first kappa shape index (κ1) is 33.1. The Morgan fingerprint density at radius 3 is 2.15 bits per heavy atom. The summed E-state index contributed by atoms with van der Waals surface area (Å²) in [5.74, 6) is -0.124. The summed E-state index contributed by atoms with van der Waals surface area (Å²) >= 11 is 0. The fraction of sp³-hybridized carbons (Fsp3) is 0.645. The Kier molecular flexibility index (Phi) is 13.0. The Labute approximate surface area is 269 Å². The number of hydrogen-bond acceptors (Lipinski definition) is 15. The minimum Gasteiger partial charge on any atom is -0.475 e. The van der Waals surface area contributed by atoms with Gasteiger partial charge in [-0.05, 0) is 44.2 Å². The molecule has 0 bridgehead atoms. The summed E-state index contributed by atoms with van der Waals surface area (Å²) in [5, 5.41) is 6.32. The first-order valence-electron chi connectivity index (χ1n) is 16.3. The summed E-state index contributed by atoms with van der Waals surface area (Å²) in [5.41, 5.74) is 6.65. The van der Waals surface area contributed by atoms with Crippen LogP contribution in [0, 0.1) is 0 Å². The van der Waals surface area contributed by atoms with Crippen LogP contribution in [0.5, 0.6) is 5.75 Å². The van der Waals surface area contributed by atoms with E-state index < -0.39 is 18.4 Å². The Morgan fingerprint density at radius 2 is 1.46 bits per heavy atom. The van der Waals surface area contributed by atoms with Gasteiger partial charge < -0.3 is 39.1 Å². The summed E-state index contributed by atoms with van der Waals surface area (Å²) in [6.07, 6.45) is 5.34. The highest BCUT2D eigenvalue weighted by molar-refractivity contribution is 5.94. The molecule has 46 heavy (non-hydrogen) atoms. The van der Waals surface area contributed by atoms with Crippen molar-refractivity contribution < 1.29 is 33.2 Å². The molecule has 4 aliphatic heterocycles. The van der Waals surface area contributed by atoms with Crippen LogP contribution >= 0.6 is 0 Å². The number of amidine groups is 4. The highest BCUT2D eigenvalue weighted by Gasteiger charge is 2.25. The fourth-order valence-corrected chi connectivity index (χ4v) is 5.18. The van der Waals surface area contributed by atoms with Crippen LogP contribution in [-0.4, -0.2) is 113 Å². The van der Waals surface area contributed by atoms with Gasteiger partial charge in [0.2, 0.25) is 0 Å². The number of rotatable bonds is 17. The number of benzene rings is 1. The Bertz CT molecular complexity index is 1230. The van der Waals surface area contributed by atoms with Gasteiger partial charge in [-0.25, -0.2) is 24.8 Å². The number of nitrogens with one attached hydrogen (secondary N) is 2. The van der Waals surface area contributed by atoms with E-state index in [1.807, 2.05) is 11.0 Å². The summed E-state index contributed by atoms with van der Waals surface area (Å²) in [4.78, 5) is 32.6. The third-order valence-electron chi connectivity index (χ3n) is 7.48. The van der Waals surface area contributed by atoms with Crippen molar-refractivity contribution in [2.24, 2.45) is 25.7 Å². The number of para-hydroxylation sites is 1. The van der Waals surface area contributed by atoms with Crippen LogP contribution in [0.4, 0.5) is 0 Å². The molecular weight excluding hydrogens is 596 g/mol. The molecule has 0 saturated heterocycles. The standard InChI is InChI=1S/C31H46N8O7/c32-25(11-3-2-8-18-39(30-36-16-21-43-30)31-37-17-22-44-31)45-24-10-6-5-9-23(24)27(40)46-26(38-29-35-15-20-42-29)12-4-1-7-13-33-28-34-14-19-41-28/h5-6,9-10,25-26H,1-4,7-8,11-22,32H2,(H,33,34)(H,35,38). The van der Waals surface area contributed by atoms with Gasteiger partial charge in [0.15, 0.2) is 6.23 Å². The van der Waals surface area contributed by atoms with Gasteiger partial charge in [0.25, 0.3) is 24.1 Å². The van der Waals surface area contributed by atoms with Crippen LogP contribution in [0.3, 0.4) is 0 Å². The van der Waals surface area contributed by atoms with Crippen LogP contribution in [0.15, 0.2) is 44.2 Å². The van der Waals surface area contributed by atoms with E-state index in [2.05, 4.69) is 30.6 Å². The maximum absolute atomic E-state index is 13.3. The van der Waals surface area contributed by atoms with Crippen LogP contribution < -0.4 is 21.1 Å². The van der Waals surface area contributed by atoms with Crippen molar-refractivity contribution in [3.63, 3.8) is 0 Å². The number of carbonyl (C=O) groups is 1. The average Bonchev–Trinajstić information content (AvgIpc) is 3.90. The number of hydrogen-bond donors (Lipinski definition) is 3. The summed E-state index contributed by atoms with van der Waals surface area (Å²) < 4.78 is 34.1. The predicted octanol–water partition coefficient (Wildman–Crippen LogP) is 1.98. The first-order valence-corrected chi connectivity index (χ1v) is 16.3. The highest BCUT2D eigenvalue weighted by atomic mass is 16.6. The number of nitrogens with zero attached hydrogens (tertiary/aromatic N) is 5. The topological polar surface area (TPSA) is 175 Å². The third-order valence-corrected chi connectivity index (χ3v) is 7.48. The lowest BCUT2D eigenvalue weighted by molar-refractivity contribution is 0.0217. The molecule has 0 fully saturated rings. The Hall–Kier alpha value is -4.27. The van der Waals surface area contributed by atoms with Gasteiger partial charge in [0.1, 0.15) is 44.0 Å². The molecule has 0 amide bonds. The second kappa shape index (κ2) is 18.0. The molecule has 0 aliphatic carbocycles. The van der Waals surface area contributed by atoms with Gasteiger partial charge in [-0.1, -0.05) is 25.0 Å². The monoisotopic (exact) mass is 642 g/mol. The number of nitrogens with two attached hydrogens (primary N) is 1. The van der Waals surface area contributed by atoms with Crippen molar-refractivity contribution in [3.8, 4) is 5.75 Å². The predicted molar refractivity (Wildman–Crippen MR) is 172 cm³/mol. The first-order chi connectivity index (χ1) is 22.7. The van der Waals surface area contributed by atoms with E-state index in [1.54, 1.807) is 18.2 Å². The molecule has 5 rings (SSSR count). The minimum absolute atomic E-state index is 0.311. The van der Waals surface area contributed by atoms with Gasteiger partial charge >= 0.3 is 5.97 Å². The summed E-state index contributed by atoms with van der Waals surface area (Å²) in [6.45, 7) is 6.31. The van der Waals surface area contributed by atoms with Crippen molar-refractivity contribution in [2.45, 2.75) is 63.8 Å². The number of carbonyl (C=O) groups excluding carboxylic acids is 1. The van der Waals surface area contributed by atoms with Crippen LogP contribution in [0.2, 0.25) is 0 Å². The Balaban J connectivity index is 1.05. The van der Waals surface area contributed by atoms with Crippen molar-refractivity contribution in [1.29, 1.82) is 0 Å². The van der Waals surface area contributed by atoms with Crippen LogP contribution in [0.1, 0.15) is 61.7 Å². The van der Waals surface area contributed by atoms with Crippen LogP contribution in [0.25, 0.3) is 0 Å². The SMILES string of the molecule is NC(CCCCCN(C1=NCCO1)C1=NCCO1)Oc1ccccc1C(=O)OC(CCCCCNC1=NCCO1)NC1=NCCO1. The zero-order chi connectivity index (χ0) is 31.8. The molecule has 0 saturated carbocycles. The van der Waals surface area contributed by atoms with E-state index >= 15 is 0 Å². The normalized spacial score (nSPS) is 18.1. The van der Waals surface area contributed by atoms with Crippen LogP contribution in [-0.2, 0) is 23.7 Å². The molecule has 1 aromatic rings.